The van der Waals surface area contributed by atoms with E-state index in [1.54, 1.807) is 0 Å². The van der Waals surface area contributed by atoms with Gasteiger partial charge in [0.2, 0.25) is 6.41 Å². The second-order valence-corrected chi connectivity index (χ2v) is 4.29. The molecule has 0 bridgehead atoms. The predicted molar refractivity (Wildman–Crippen MR) is 51.4 cm³/mol. The average Bonchev–Trinajstić information content (AvgIpc) is 2.26. The summed E-state index contributed by atoms with van der Waals surface area (Å²) in [5.74, 6) is 0. The Morgan fingerprint density at radius 3 is 2.85 bits per heavy atom. The zero-order valence-electron chi connectivity index (χ0n) is 8.28. The minimum atomic E-state index is 0.461. The average molecular weight is 182 g/mol. The predicted octanol–water partition coefficient (Wildman–Crippen LogP) is 0.701. The van der Waals surface area contributed by atoms with Gasteiger partial charge in [-0.05, 0) is 32.2 Å². The number of rotatable bonds is 2. The van der Waals surface area contributed by atoms with Gasteiger partial charge < -0.3 is 4.90 Å². The van der Waals surface area contributed by atoms with Crippen LogP contribution in [0, 0.1) is 0 Å². The lowest BCUT2D eigenvalue weighted by Crippen LogP contribution is -2.51. The Kier molecular flexibility index (Phi) is 2.54. The van der Waals surface area contributed by atoms with Crippen LogP contribution in [0.25, 0.3) is 0 Å². The van der Waals surface area contributed by atoms with Crippen molar-refractivity contribution >= 4 is 6.41 Å². The molecule has 0 aliphatic carbocycles. The fraction of sp³-hybridized carbons (Fsp3) is 0.900. The molecule has 0 aromatic rings. The first-order valence-corrected chi connectivity index (χ1v) is 5.22. The third-order valence-corrected chi connectivity index (χ3v) is 3.53. The monoisotopic (exact) mass is 182 g/mol. The molecule has 13 heavy (non-hydrogen) atoms. The number of hydrogen-bond donors (Lipinski definition) is 0. The van der Waals surface area contributed by atoms with Crippen molar-refractivity contribution in [3.05, 3.63) is 0 Å². The van der Waals surface area contributed by atoms with Crippen LogP contribution >= 0.6 is 0 Å². The summed E-state index contributed by atoms with van der Waals surface area (Å²) < 4.78 is 0. The first-order valence-electron chi connectivity index (χ1n) is 5.22. The first kappa shape index (κ1) is 9.00. The highest BCUT2D eigenvalue weighted by molar-refractivity contribution is 5.47. The molecular formula is C10H18N2O. The Morgan fingerprint density at radius 2 is 2.23 bits per heavy atom. The van der Waals surface area contributed by atoms with Gasteiger partial charge in [-0.15, -0.1) is 0 Å². The number of fused-ring (bicyclic) bond motifs is 1. The normalized spacial score (nSPS) is 34.2. The van der Waals surface area contributed by atoms with Gasteiger partial charge >= 0.3 is 0 Å². The highest BCUT2D eigenvalue weighted by Crippen LogP contribution is 2.27. The maximum Gasteiger partial charge on any atom is 0.209 e. The van der Waals surface area contributed by atoms with Gasteiger partial charge in [0.15, 0.2) is 0 Å². The van der Waals surface area contributed by atoms with E-state index in [1.807, 2.05) is 11.9 Å². The number of hydrogen-bond acceptors (Lipinski definition) is 2. The lowest BCUT2D eigenvalue weighted by atomic mass is 10.00. The third kappa shape index (κ3) is 1.70. The van der Waals surface area contributed by atoms with Crippen molar-refractivity contribution in [3.8, 4) is 0 Å². The SMILES string of the molecule is CN(C=O)[C@H]1CCCC2CCN2C1. The van der Waals surface area contributed by atoms with E-state index >= 15 is 0 Å². The largest absolute Gasteiger partial charge is 0.344 e. The lowest BCUT2D eigenvalue weighted by Gasteiger charge is -2.41. The van der Waals surface area contributed by atoms with Crippen LogP contribution in [0.4, 0.5) is 0 Å². The molecule has 0 saturated carbocycles. The molecule has 0 spiro atoms. The Balaban J connectivity index is 1.93. The Labute approximate surface area is 79.7 Å². The quantitative estimate of drug-likeness (QED) is 0.587. The van der Waals surface area contributed by atoms with E-state index in [-0.39, 0.29) is 0 Å². The van der Waals surface area contributed by atoms with Gasteiger partial charge in [-0.2, -0.15) is 0 Å². The molecular weight excluding hydrogens is 164 g/mol. The number of amides is 1. The summed E-state index contributed by atoms with van der Waals surface area (Å²) in [6, 6.07) is 1.30. The fourth-order valence-electron chi connectivity index (χ4n) is 2.43. The molecule has 0 N–H and O–H groups in total. The van der Waals surface area contributed by atoms with Gasteiger partial charge in [0.25, 0.3) is 0 Å². The van der Waals surface area contributed by atoms with E-state index in [0.717, 1.165) is 19.0 Å². The van der Waals surface area contributed by atoms with Gasteiger partial charge in [-0.3, -0.25) is 9.69 Å². The van der Waals surface area contributed by atoms with Crippen LogP contribution in [0.15, 0.2) is 0 Å². The second-order valence-electron chi connectivity index (χ2n) is 4.29. The van der Waals surface area contributed by atoms with Crippen molar-refractivity contribution in [2.24, 2.45) is 0 Å². The fourth-order valence-corrected chi connectivity index (χ4v) is 2.43. The van der Waals surface area contributed by atoms with E-state index < -0.39 is 0 Å². The number of carbonyl (C=O) groups excluding carboxylic acids is 1. The van der Waals surface area contributed by atoms with Crippen LogP contribution in [-0.4, -0.2) is 48.4 Å². The Bertz CT molecular complexity index is 195. The van der Waals surface area contributed by atoms with Crippen molar-refractivity contribution < 1.29 is 4.79 Å². The van der Waals surface area contributed by atoms with E-state index in [2.05, 4.69) is 4.90 Å². The molecule has 74 valence electrons. The van der Waals surface area contributed by atoms with Gasteiger partial charge in [-0.25, -0.2) is 0 Å². The van der Waals surface area contributed by atoms with E-state index in [0.29, 0.717) is 6.04 Å². The molecule has 2 saturated heterocycles. The summed E-state index contributed by atoms with van der Waals surface area (Å²) in [6.07, 6.45) is 6.14. The number of nitrogens with zero attached hydrogens (tertiary/aromatic N) is 2. The van der Waals surface area contributed by atoms with Crippen LogP contribution < -0.4 is 0 Å². The molecule has 3 heteroatoms. The molecule has 2 aliphatic rings. The van der Waals surface area contributed by atoms with Crippen LogP contribution in [0.5, 0.6) is 0 Å². The summed E-state index contributed by atoms with van der Waals surface area (Å²) in [4.78, 5) is 15.0. The minimum Gasteiger partial charge on any atom is -0.344 e. The molecule has 0 aromatic heterocycles. The lowest BCUT2D eigenvalue weighted by molar-refractivity contribution is -0.119. The summed E-state index contributed by atoms with van der Waals surface area (Å²) >= 11 is 0. The molecule has 3 nitrogen and oxygen atoms in total. The van der Waals surface area contributed by atoms with E-state index in [1.165, 1.54) is 32.2 Å². The standard InChI is InChI=1S/C10H18N2O/c1-11(8-13)10-4-2-3-9-5-6-12(9)7-10/h8-10H,2-7H2,1H3/t9?,10-/m0/s1. The van der Waals surface area contributed by atoms with Crippen molar-refractivity contribution in [2.75, 3.05) is 20.1 Å². The Morgan fingerprint density at radius 1 is 1.38 bits per heavy atom. The van der Waals surface area contributed by atoms with Gasteiger partial charge in [0, 0.05) is 25.7 Å². The molecule has 1 amide bonds. The summed E-state index contributed by atoms with van der Waals surface area (Å²) in [5, 5.41) is 0. The molecule has 0 radical (unpaired) electrons. The van der Waals surface area contributed by atoms with E-state index in [9.17, 15) is 4.79 Å². The van der Waals surface area contributed by atoms with Gasteiger partial charge in [-0.1, -0.05) is 0 Å². The van der Waals surface area contributed by atoms with Crippen molar-refractivity contribution in [3.63, 3.8) is 0 Å². The maximum absolute atomic E-state index is 10.6. The van der Waals surface area contributed by atoms with Crippen LogP contribution in [0.2, 0.25) is 0 Å². The second kappa shape index (κ2) is 3.66. The molecule has 2 atom stereocenters. The van der Waals surface area contributed by atoms with Gasteiger partial charge in [0.05, 0.1) is 0 Å². The molecule has 2 fully saturated rings. The highest BCUT2D eigenvalue weighted by atomic mass is 16.1. The van der Waals surface area contributed by atoms with Crippen LogP contribution in [-0.2, 0) is 4.79 Å². The summed E-state index contributed by atoms with van der Waals surface area (Å²) in [5.41, 5.74) is 0. The summed E-state index contributed by atoms with van der Waals surface area (Å²) in [6.45, 7) is 2.34. The van der Waals surface area contributed by atoms with Gasteiger partial charge in [0.1, 0.15) is 0 Å². The zero-order valence-corrected chi connectivity index (χ0v) is 8.28. The highest BCUT2D eigenvalue weighted by Gasteiger charge is 2.32. The van der Waals surface area contributed by atoms with Crippen molar-refractivity contribution in [2.45, 2.75) is 37.8 Å². The van der Waals surface area contributed by atoms with Crippen molar-refractivity contribution in [1.82, 2.24) is 9.80 Å². The summed E-state index contributed by atoms with van der Waals surface area (Å²) in [7, 11) is 1.90. The molecule has 2 rings (SSSR count). The molecule has 2 aliphatic heterocycles. The van der Waals surface area contributed by atoms with Crippen molar-refractivity contribution in [1.29, 1.82) is 0 Å². The molecule has 2 heterocycles. The molecule has 0 aromatic carbocycles. The smallest absolute Gasteiger partial charge is 0.209 e. The number of likely N-dealkylation sites (N-methyl/N-ethyl adjacent to an activating group) is 1. The van der Waals surface area contributed by atoms with Crippen LogP contribution in [0.1, 0.15) is 25.7 Å². The minimum absolute atomic E-state index is 0.461. The maximum atomic E-state index is 10.6. The van der Waals surface area contributed by atoms with E-state index in [4.69, 9.17) is 0 Å². The Hall–Kier alpha value is -0.570. The van der Waals surface area contributed by atoms with Crippen LogP contribution in [0.3, 0.4) is 0 Å². The first-order chi connectivity index (χ1) is 6.31. The zero-order chi connectivity index (χ0) is 9.26. The topological polar surface area (TPSA) is 23.6 Å². The third-order valence-electron chi connectivity index (χ3n) is 3.53. The number of carbonyl (C=O) groups is 1. The molecule has 1 unspecified atom stereocenters.